The van der Waals surface area contributed by atoms with Crippen molar-refractivity contribution in [3.8, 4) is 0 Å². The fourth-order valence-electron chi connectivity index (χ4n) is 1.50. The van der Waals surface area contributed by atoms with Crippen molar-refractivity contribution < 1.29 is 0 Å². The highest BCUT2D eigenvalue weighted by Gasteiger charge is 2.17. The van der Waals surface area contributed by atoms with Gasteiger partial charge in [0.15, 0.2) is 0 Å². The Morgan fingerprint density at radius 3 is 2.92 bits per heavy atom. The summed E-state index contributed by atoms with van der Waals surface area (Å²) in [6.45, 7) is 2.15. The number of thioether (sulfide) groups is 1. The first-order chi connectivity index (χ1) is 6.38. The van der Waals surface area contributed by atoms with Crippen molar-refractivity contribution in [2.24, 2.45) is 0 Å². The minimum Gasteiger partial charge on any atom is -0.314 e. The van der Waals surface area contributed by atoms with Gasteiger partial charge in [0.1, 0.15) is 0 Å². The van der Waals surface area contributed by atoms with Gasteiger partial charge in [-0.05, 0) is 11.6 Å². The van der Waals surface area contributed by atoms with E-state index in [0.717, 1.165) is 18.1 Å². The number of nitrogens with one attached hydrogen (secondary N) is 1. The molecule has 1 aromatic carbocycles. The van der Waals surface area contributed by atoms with Gasteiger partial charge in [-0.15, -0.1) is 0 Å². The molecule has 0 bridgehead atoms. The zero-order valence-corrected chi connectivity index (χ0v) is 8.87. The van der Waals surface area contributed by atoms with E-state index in [0.29, 0.717) is 5.25 Å². The molecule has 70 valence electrons. The van der Waals surface area contributed by atoms with Crippen LogP contribution < -0.4 is 5.32 Å². The van der Waals surface area contributed by atoms with Crippen molar-refractivity contribution in [2.45, 2.75) is 5.25 Å². The van der Waals surface area contributed by atoms with E-state index in [2.05, 4.69) is 17.4 Å². The molecule has 1 fully saturated rings. The molecule has 1 heterocycles. The summed E-state index contributed by atoms with van der Waals surface area (Å²) in [5, 5.41) is 4.80. The molecule has 1 saturated heterocycles. The van der Waals surface area contributed by atoms with Crippen LogP contribution in [-0.2, 0) is 0 Å². The van der Waals surface area contributed by atoms with Crippen molar-refractivity contribution in [3.05, 3.63) is 34.9 Å². The smallest absolute Gasteiger partial charge is 0.0449 e. The molecule has 0 saturated carbocycles. The number of rotatable bonds is 1. The van der Waals surface area contributed by atoms with Crippen molar-refractivity contribution >= 4 is 23.4 Å². The van der Waals surface area contributed by atoms with Gasteiger partial charge in [0.05, 0.1) is 0 Å². The second kappa shape index (κ2) is 4.36. The summed E-state index contributed by atoms with van der Waals surface area (Å²) in [5.41, 5.74) is 1.27. The van der Waals surface area contributed by atoms with Gasteiger partial charge in [0.25, 0.3) is 0 Å². The summed E-state index contributed by atoms with van der Waals surface area (Å²) in [4.78, 5) is 0. The Labute approximate surface area is 87.9 Å². The van der Waals surface area contributed by atoms with E-state index in [1.54, 1.807) is 0 Å². The van der Waals surface area contributed by atoms with Gasteiger partial charge >= 0.3 is 0 Å². The highest BCUT2D eigenvalue weighted by molar-refractivity contribution is 7.99. The van der Waals surface area contributed by atoms with Crippen LogP contribution in [0.25, 0.3) is 0 Å². The molecule has 1 aromatic rings. The second-order valence-electron chi connectivity index (χ2n) is 3.09. The largest absolute Gasteiger partial charge is 0.314 e. The number of benzene rings is 1. The third kappa shape index (κ3) is 2.19. The first-order valence-electron chi connectivity index (χ1n) is 4.44. The van der Waals surface area contributed by atoms with Gasteiger partial charge < -0.3 is 5.32 Å². The lowest BCUT2D eigenvalue weighted by Gasteiger charge is -2.23. The molecule has 1 atom stereocenters. The average Bonchev–Trinajstić information content (AvgIpc) is 2.20. The van der Waals surface area contributed by atoms with E-state index in [4.69, 9.17) is 11.6 Å². The van der Waals surface area contributed by atoms with Gasteiger partial charge in [-0.25, -0.2) is 0 Å². The molecule has 0 unspecified atom stereocenters. The first kappa shape index (κ1) is 9.38. The Hall–Kier alpha value is -0.180. The normalized spacial score (nSPS) is 23.0. The highest BCUT2D eigenvalue weighted by atomic mass is 35.5. The van der Waals surface area contributed by atoms with Crippen molar-refractivity contribution in [1.82, 2.24) is 5.32 Å². The molecule has 13 heavy (non-hydrogen) atoms. The molecule has 1 aliphatic rings. The Morgan fingerprint density at radius 1 is 1.38 bits per heavy atom. The number of halogens is 1. The van der Waals surface area contributed by atoms with Gasteiger partial charge in [-0.1, -0.05) is 29.8 Å². The van der Waals surface area contributed by atoms with Crippen LogP contribution in [-0.4, -0.2) is 18.8 Å². The highest BCUT2D eigenvalue weighted by Crippen LogP contribution is 2.34. The fraction of sp³-hybridized carbons (Fsp3) is 0.400. The average molecular weight is 214 g/mol. The van der Waals surface area contributed by atoms with Crippen LogP contribution in [0.15, 0.2) is 24.3 Å². The van der Waals surface area contributed by atoms with Gasteiger partial charge in [0.2, 0.25) is 0 Å². The second-order valence-corrected chi connectivity index (χ2v) is 4.80. The SMILES string of the molecule is Clc1ccccc1[C@@H]1CNCCS1. The van der Waals surface area contributed by atoms with Crippen LogP contribution >= 0.6 is 23.4 Å². The lowest BCUT2D eigenvalue weighted by atomic mass is 10.1. The van der Waals surface area contributed by atoms with E-state index in [1.807, 2.05) is 23.9 Å². The van der Waals surface area contributed by atoms with Crippen LogP contribution in [0.1, 0.15) is 10.8 Å². The number of hydrogen-bond donors (Lipinski definition) is 1. The lowest BCUT2D eigenvalue weighted by Crippen LogP contribution is -2.28. The lowest BCUT2D eigenvalue weighted by molar-refractivity contribution is 0.689. The Morgan fingerprint density at radius 2 is 2.23 bits per heavy atom. The molecule has 0 amide bonds. The zero-order chi connectivity index (χ0) is 9.10. The van der Waals surface area contributed by atoms with Crippen LogP contribution in [0.4, 0.5) is 0 Å². The molecule has 2 rings (SSSR count). The third-order valence-corrected chi connectivity index (χ3v) is 3.79. The number of hydrogen-bond acceptors (Lipinski definition) is 2. The van der Waals surface area contributed by atoms with E-state index < -0.39 is 0 Å². The summed E-state index contributed by atoms with van der Waals surface area (Å²) in [6.07, 6.45) is 0. The zero-order valence-electron chi connectivity index (χ0n) is 7.29. The maximum atomic E-state index is 6.12. The Kier molecular flexibility index (Phi) is 3.14. The molecular formula is C10H12ClNS. The first-order valence-corrected chi connectivity index (χ1v) is 5.87. The van der Waals surface area contributed by atoms with Gasteiger partial charge in [0, 0.05) is 29.1 Å². The summed E-state index contributed by atoms with van der Waals surface area (Å²) >= 11 is 8.10. The maximum Gasteiger partial charge on any atom is 0.0449 e. The molecule has 1 N–H and O–H groups in total. The monoisotopic (exact) mass is 213 g/mol. The van der Waals surface area contributed by atoms with Gasteiger partial charge in [-0.2, -0.15) is 11.8 Å². The van der Waals surface area contributed by atoms with Crippen molar-refractivity contribution in [1.29, 1.82) is 0 Å². The van der Waals surface area contributed by atoms with E-state index >= 15 is 0 Å². The Balaban J connectivity index is 2.18. The van der Waals surface area contributed by atoms with Crippen molar-refractivity contribution in [2.75, 3.05) is 18.8 Å². The van der Waals surface area contributed by atoms with Crippen LogP contribution in [0.3, 0.4) is 0 Å². The van der Waals surface area contributed by atoms with E-state index in [9.17, 15) is 0 Å². The molecule has 0 aliphatic carbocycles. The quantitative estimate of drug-likeness (QED) is 0.770. The Bertz CT molecular complexity index is 284. The molecule has 0 radical (unpaired) electrons. The summed E-state index contributed by atoms with van der Waals surface area (Å²) in [6, 6.07) is 8.11. The predicted molar refractivity (Wildman–Crippen MR) is 59.5 cm³/mol. The molecular weight excluding hydrogens is 202 g/mol. The topological polar surface area (TPSA) is 12.0 Å². The third-order valence-electron chi connectivity index (χ3n) is 2.18. The molecule has 1 aliphatic heterocycles. The van der Waals surface area contributed by atoms with Crippen molar-refractivity contribution in [3.63, 3.8) is 0 Å². The fourth-order valence-corrected chi connectivity index (χ4v) is 3.00. The summed E-state index contributed by atoms with van der Waals surface area (Å²) < 4.78 is 0. The molecule has 1 nitrogen and oxygen atoms in total. The minimum atomic E-state index is 0.530. The molecule has 0 aromatic heterocycles. The van der Waals surface area contributed by atoms with Gasteiger partial charge in [-0.3, -0.25) is 0 Å². The standard InChI is InChI=1S/C10H12ClNS/c11-9-4-2-1-3-8(9)10-7-12-5-6-13-10/h1-4,10,12H,5-7H2/t10-/m0/s1. The van der Waals surface area contributed by atoms with Crippen LogP contribution in [0, 0.1) is 0 Å². The molecule has 3 heteroatoms. The minimum absolute atomic E-state index is 0.530. The summed E-state index contributed by atoms with van der Waals surface area (Å²) in [5.74, 6) is 1.18. The maximum absolute atomic E-state index is 6.12. The van der Waals surface area contributed by atoms with Crippen LogP contribution in [0.5, 0.6) is 0 Å². The predicted octanol–water partition coefficient (Wildman–Crippen LogP) is 2.72. The summed E-state index contributed by atoms with van der Waals surface area (Å²) in [7, 11) is 0. The molecule has 0 spiro atoms. The van der Waals surface area contributed by atoms with E-state index in [-0.39, 0.29) is 0 Å². The van der Waals surface area contributed by atoms with E-state index in [1.165, 1.54) is 11.3 Å². The van der Waals surface area contributed by atoms with Crippen LogP contribution in [0.2, 0.25) is 5.02 Å².